The van der Waals surface area contributed by atoms with Crippen LogP contribution in [0.2, 0.25) is 5.02 Å². The first-order valence-corrected chi connectivity index (χ1v) is 10.9. The lowest BCUT2D eigenvalue weighted by Gasteiger charge is -2.12. The van der Waals surface area contributed by atoms with Gasteiger partial charge in [0.25, 0.3) is 11.1 Å². The number of imide groups is 1. The van der Waals surface area contributed by atoms with Crippen molar-refractivity contribution in [3.05, 3.63) is 93.6 Å². The number of thioether (sulfide) groups is 1. The highest BCUT2D eigenvalue weighted by Gasteiger charge is 2.35. The average molecular weight is 467 g/mol. The van der Waals surface area contributed by atoms with Crippen molar-refractivity contribution in [2.75, 3.05) is 7.11 Å². The topological polar surface area (TPSA) is 68.7 Å². The van der Waals surface area contributed by atoms with Gasteiger partial charge in [0, 0.05) is 17.4 Å². The van der Waals surface area contributed by atoms with E-state index < -0.39 is 0 Å². The summed E-state index contributed by atoms with van der Waals surface area (Å²) in [7, 11) is 1.55. The van der Waals surface area contributed by atoms with E-state index >= 15 is 0 Å². The lowest BCUT2D eigenvalue weighted by molar-refractivity contribution is -0.123. The Labute approximate surface area is 194 Å². The molecule has 0 N–H and O–H groups in total. The molecule has 0 unspecified atom stereocenters. The van der Waals surface area contributed by atoms with E-state index in [0.29, 0.717) is 28.0 Å². The number of halogens is 1. The minimum absolute atomic E-state index is 0.174. The number of aromatic nitrogens is 1. The zero-order chi connectivity index (χ0) is 22.5. The van der Waals surface area contributed by atoms with Gasteiger partial charge in [0.1, 0.15) is 6.61 Å². The number of carbonyl (C=O) groups is 2. The van der Waals surface area contributed by atoms with E-state index in [1.54, 1.807) is 55.9 Å². The quantitative estimate of drug-likeness (QED) is 0.425. The van der Waals surface area contributed by atoms with Gasteiger partial charge >= 0.3 is 0 Å². The van der Waals surface area contributed by atoms with E-state index in [1.165, 1.54) is 4.90 Å². The Morgan fingerprint density at radius 3 is 2.59 bits per heavy atom. The molecule has 0 saturated carbocycles. The number of ether oxygens (including phenoxy) is 2. The highest BCUT2D eigenvalue weighted by Crippen LogP contribution is 2.35. The van der Waals surface area contributed by atoms with Gasteiger partial charge in [0.15, 0.2) is 11.5 Å². The zero-order valence-electron chi connectivity index (χ0n) is 17.2. The first-order valence-electron chi connectivity index (χ1n) is 9.73. The number of amides is 2. The maximum atomic E-state index is 12.8. The van der Waals surface area contributed by atoms with Gasteiger partial charge in [-0.1, -0.05) is 29.8 Å². The molecule has 4 rings (SSSR count). The lowest BCUT2D eigenvalue weighted by atomic mass is 10.1. The second kappa shape index (κ2) is 9.89. The fraction of sp³-hybridized carbons (Fsp3) is 0.125. The second-order valence-electron chi connectivity index (χ2n) is 6.95. The minimum Gasteiger partial charge on any atom is -0.493 e. The SMILES string of the molecule is COc1cc(/C=C2\SC(=O)N(Cc3cccc(Cl)c3)C2=O)ccc1OCc1ccncc1. The van der Waals surface area contributed by atoms with Crippen LogP contribution >= 0.6 is 23.4 Å². The predicted octanol–water partition coefficient (Wildman–Crippen LogP) is 5.56. The summed E-state index contributed by atoms with van der Waals surface area (Å²) in [5, 5.41) is 0.244. The molecule has 0 aliphatic carbocycles. The van der Waals surface area contributed by atoms with E-state index in [-0.39, 0.29) is 17.7 Å². The Morgan fingerprint density at radius 2 is 1.84 bits per heavy atom. The molecule has 0 radical (unpaired) electrons. The summed E-state index contributed by atoms with van der Waals surface area (Å²) in [5.74, 6) is 0.776. The average Bonchev–Trinajstić information content (AvgIpc) is 3.06. The normalized spacial score (nSPS) is 14.8. The van der Waals surface area contributed by atoms with Crippen LogP contribution in [-0.2, 0) is 17.9 Å². The number of methoxy groups -OCH3 is 1. The van der Waals surface area contributed by atoms with Crippen LogP contribution in [0.15, 0.2) is 71.9 Å². The van der Waals surface area contributed by atoms with Crippen molar-refractivity contribution in [1.29, 1.82) is 0 Å². The summed E-state index contributed by atoms with van der Waals surface area (Å²) in [5.41, 5.74) is 2.50. The van der Waals surface area contributed by atoms with Gasteiger partial charge in [-0.2, -0.15) is 0 Å². The van der Waals surface area contributed by atoms with Gasteiger partial charge in [-0.3, -0.25) is 19.5 Å². The molecule has 8 heteroatoms. The third kappa shape index (κ3) is 5.12. The number of rotatable bonds is 7. The van der Waals surface area contributed by atoms with Crippen LogP contribution in [0.1, 0.15) is 16.7 Å². The zero-order valence-corrected chi connectivity index (χ0v) is 18.7. The van der Waals surface area contributed by atoms with Gasteiger partial charge in [-0.05, 0) is 70.9 Å². The lowest BCUT2D eigenvalue weighted by Crippen LogP contribution is -2.27. The van der Waals surface area contributed by atoms with E-state index in [0.717, 1.165) is 28.5 Å². The van der Waals surface area contributed by atoms with Crippen molar-refractivity contribution in [2.45, 2.75) is 13.2 Å². The van der Waals surface area contributed by atoms with Crippen molar-refractivity contribution in [3.8, 4) is 11.5 Å². The van der Waals surface area contributed by atoms with Gasteiger partial charge in [-0.15, -0.1) is 0 Å². The summed E-state index contributed by atoms with van der Waals surface area (Å²) in [6.07, 6.45) is 5.09. The molecule has 3 aromatic rings. The van der Waals surface area contributed by atoms with Gasteiger partial charge < -0.3 is 9.47 Å². The molecule has 162 valence electrons. The molecular formula is C24H19ClN2O4S. The van der Waals surface area contributed by atoms with Gasteiger partial charge in [0.2, 0.25) is 0 Å². The number of hydrogen-bond acceptors (Lipinski definition) is 6. The third-order valence-electron chi connectivity index (χ3n) is 4.73. The maximum absolute atomic E-state index is 12.8. The van der Waals surface area contributed by atoms with Crippen molar-refractivity contribution < 1.29 is 19.1 Å². The first kappa shape index (κ1) is 21.9. The van der Waals surface area contributed by atoms with Crippen LogP contribution in [0.3, 0.4) is 0 Å². The molecule has 1 fully saturated rings. The van der Waals surface area contributed by atoms with Crippen molar-refractivity contribution in [1.82, 2.24) is 9.88 Å². The molecule has 2 aromatic carbocycles. The maximum Gasteiger partial charge on any atom is 0.293 e. The largest absolute Gasteiger partial charge is 0.493 e. The summed E-state index contributed by atoms with van der Waals surface area (Å²) < 4.78 is 11.3. The fourth-order valence-electron chi connectivity index (χ4n) is 3.14. The Morgan fingerprint density at radius 1 is 1.03 bits per heavy atom. The molecular weight excluding hydrogens is 448 g/mol. The number of nitrogens with zero attached hydrogens (tertiary/aromatic N) is 2. The standard InChI is InChI=1S/C24H19ClN2O4S/c1-30-21-12-17(5-6-20(21)31-15-16-7-9-26-10-8-16)13-22-23(28)27(24(29)32-22)14-18-3-2-4-19(25)11-18/h2-13H,14-15H2,1H3/b22-13-. The molecule has 2 heterocycles. The van der Waals surface area contributed by atoms with Crippen molar-refractivity contribution >= 4 is 40.6 Å². The number of hydrogen-bond donors (Lipinski definition) is 0. The molecule has 1 saturated heterocycles. The third-order valence-corrected chi connectivity index (χ3v) is 5.87. The number of carbonyl (C=O) groups excluding carboxylic acids is 2. The molecule has 32 heavy (non-hydrogen) atoms. The molecule has 1 aliphatic heterocycles. The fourth-order valence-corrected chi connectivity index (χ4v) is 4.19. The van der Waals surface area contributed by atoms with Crippen LogP contribution in [0.5, 0.6) is 11.5 Å². The van der Waals surface area contributed by atoms with E-state index in [2.05, 4.69) is 4.98 Å². The Kier molecular flexibility index (Phi) is 6.78. The Bertz CT molecular complexity index is 1180. The highest BCUT2D eigenvalue weighted by atomic mass is 35.5. The molecule has 1 aromatic heterocycles. The first-order chi connectivity index (χ1) is 15.5. The minimum atomic E-state index is -0.336. The number of benzene rings is 2. The van der Waals surface area contributed by atoms with Gasteiger partial charge in [-0.25, -0.2) is 0 Å². The van der Waals surface area contributed by atoms with E-state index in [1.807, 2.05) is 24.3 Å². The molecule has 0 bridgehead atoms. The molecule has 0 spiro atoms. The Balaban J connectivity index is 1.49. The molecule has 6 nitrogen and oxygen atoms in total. The smallest absolute Gasteiger partial charge is 0.293 e. The van der Waals surface area contributed by atoms with Gasteiger partial charge in [0.05, 0.1) is 18.6 Å². The van der Waals surface area contributed by atoms with Crippen LogP contribution in [0, 0.1) is 0 Å². The van der Waals surface area contributed by atoms with E-state index in [4.69, 9.17) is 21.1 Å². The Hall–Kier alpha value is -3.29. The summed E-state index contributed by atoms with van der Waals surface area (Å²) in [6, 6.07) is 16.2. The van der Waals surface area contributed by atoms with E-state index in [9.17, 15) is 9.59 Å². The molecule has 2 amide bonds. The number of pyridine rings is 1. The van der Waals surface area contributed by atoms with Crippen molar-refractivity contribution in [3.63, 3.8) is 0 Å². The predicted molar refractivity (Wildman–Crippen MR) is 125 cm³/mol. The monoisotopic (exact) mass is 466 g/mol. The van der Waals surface area contributed by atoms with Crippen LogP contribution < -0.4 is 9.47 Å². The molecule has 0 atom stereocenters. The summed E-state index contributed by atoms with van der Waals surface area (Å²) in [6.45, 7) is 0.550. The van der Waals surface area contributed by atoms with Crippen LogP contribution in [-0.4, -0.2) is 28.1 Å². The van der Waals surface area contributed by atoms with Crippen LogP contribution in [0.25, 0.3) is 6.08 Å². The van der Waals surface area contributed by atoms with Crippen molar-refractivity contribution in [2.24, 2.45) is 0 Å². The summed E-state index contributed by atoms with van der Waals surface area (Å²) >= 11 is 6.92. The highest BCUT2D eigenvalue weighted by molar-refractivity contribution is 8.18. The second-order valence-corrected chi connectivity index (χ2v) is 8.38. The molecule has 1 aliphatic rings. The van der Waals surface area contributed by atoms with Crippen LogP contribution in [0.4, 0.5) is 4.79 Å². The summed E-state index contributed by atoms with van der Waals surface area (Å²) in [4.78, 5) is 30.8.